The molecule has 0 aliphatic carbocycles. The fourth-order valence-corrected chi connectivity index (χ4v) is 2.99. The predicted molar refractivity (Wildman–Crippen MR) is 95.6 cm³/mol. The van der Waals surface area contributed by atoms with Crippen LogP contribution in [0.4, 0.5) is 25.8 Å². The van der Waals surface area contributed by atoms with E-state index in [9.17, 15) is 23.7 Å². The molecule has 0 aromatic heterocycles. The molecule has 0 bridgehead atoms. The smallest absolute Gasteiger partial charge is 0.387 e. The van der Waals surface area contributed by atoms with Crippen LogP contribution in [0.2, 0.25) is 0 Å². The van der Waals surface area contributed by atoms with Gasteiger partial charge in [0, 0.05) is 36.5 Å². The van der Waals surface area contributed by atoms with Crippen LogP contribution in [-0.2, 0) is 0 Å². The highest BCUT2D eigenvalue weighted by atomic mass is 19.3. The molecule has 9 heteroatoms. The van der Waals surface area contributed by atoms with Gasteiger partial charge in [0.2, 0.25) is 0 Å². The second-order valence-electron chi connectivity index (χ2n) is 6.02. The van der Waals surface area contributed by atoms with E-state index in [-0.39, 0.29) is 22.7 Å². The molecule has 1 aliphatic rings. The Balaban J connectivity index is 1.80. The Morgan fingerprint density at radius 2 is 1.93 bits per heavy atom. The summed E-state index contributed by atoms with van der Waals surface area (Å²) < 4.78 is 28.9. The number of nitrogens with zero attached hydrogens (tertiary/aromatic N) is 2. The summed E-state index contributed by atoms with van der Waals surface area (Å²) in [6.07, 6.45) is 1.94. The molecule has 1 aliphatic heterocycles. The van der Waals surface area contributed by atoms with E-state index in [1.165, 1.54) is 36.4 Å². The molecule has 1 amide bonds. The first-order valence-electron chi connectivity index (χ1n) is 8.33. The fraction of sp³-hybridized carbons (Fsp3) is 0.278. The van der Waals surface area contributed by atoms with Crippen molar-refractivity contribution in [2.45, 2.75) is 19.5 Å². The normalized spacial score (nSPS) is 13.7. The maximum absolute atomic E-state index is 12.4. The number of nitrogens with one attached hydrogen (secondary N) is 1. The van der Waals surface area contributed by atoms with Crippen LogP contribution in [0, 0.1) is 10.1 Å². The molecule has 0 saturated carbocycles. The van der Waals surface area contributed by atoms with E-state index in [2.05, 4.69) is 10.1 Å². The van der Waals surface area contributed by atoms with Crippen molar-refractivity contribution >= 4 is 23.0 Å². The Morgan fingerprint density at radius 3 is 2.59 bits per heavy atom. The summed E-state index contributed by atoms with van der Waals surface area (Å²) >= 11 is 0. The summed E-state index contributed by atoms with van der Waals surface area (Å²) in [5, 5.41) is 13.9. The van der Waals surface area contributed by atoms with E-state index < -0.39 is 17.4 Å². The number of amides is 1. The van der Waals surface area contributed by atoms with Crippen LogP contribution in [-0.4, -0.2) is 30.5 Å². The minimum absolute atomic E-state index is 0.0989. The van der Waals surface area contributed by atoms with Crippen molar-refractivity contribution in [2.24, 2.45) is 0 Å². The standard InChI is InChI=1S/C18H17F2N3O4/c19-18(20)27-14-5-3-4-13(11-14)21-17(24)12-6-7-15(16(10-12)23(25)26)22-8-1-2-9-22/h3-7,10-11,18H,1-2,8-9H2,(H,21,24). The molecule has 0 atom stereocenters. The first-order valence-corrected chi connectivity index (χ1v) is 8.33. The van der Waals surface area contributed by atoms with Gasteiger partial charge in [-0.1, -0.05) is 6.07 Å². The number of nitro groups is 1. The van der Waals surface area contributed by atoms with Crippen LogP contribution >= 0.6 is 0 Å². The summed E-state index contributed by atoms with van der Waals surface area (Å²) in [6.45, 7) is -1.50. The number of hydrogen-bond acceptors (Lipinski definition) is 5. The van der Waals surface area contributed by atoms with Crippen LogP contribution in [0.25, 0.3) is 0 Å². The maximum Gasteiger partial charge on any atom is 0.387 e. The molecule has 2 aromatic carbocycles. The van der Waals surface area contributed by atoms with Crippen molar-refractivity contribution in [3.8, 4) is 5.75 Å². The lowest BCUT2D eigenvalue weighted by molar-refractivity contribution is -0.384. The molecule has 7 nitrogen and oxygen atoms in total. The van der Waals surface area contributed by atoms with E-state index in [0.717, 1.165) is 25.9 Å². The molecule has 1 heterocycles. The van der Waals surface area contributed by atoms with Gasteiger partial charge in [-0.25, -0.2) is 0 Å². The molecular formula is C18H17F2N3O4. The third-order valence-electron chi connectivity index (χ3n) is 4.20. The number of anilines is 2. The Hall–Kier alpha value is -3.23. The molecular weight excluding hydrogens is 360 g/mol. The van der Waals surface area contributed by atoms with Crippen molar-refractivity contribution in [2.75, 3.05) is 23.3 Å². The average Bonchev–Trinajstić information content (AvgIpc) is 3.15. The fourth-order valence-electron chi connectivity index (χ4n) is 2.99. The second kappa shape index (κ2) is 7.98. The van der Waals surface area contributed by atoms with Gasteiger partial charge in [-0.15, -0.1) is 0 Å². The van der Waals surface area contributed by atoms with E-state index in [1.54, 1.807) is 6.07 Å². The zero-order valence-corrected chi connectivity index (χ0v) is 14.2. The number of ether oxygens (including phenoxy) is 1. The predicted octanol–water partition coefficient (Wildman–Crippen LogP) is 4.05. The number of halogens is 2. The second-order valence-corrected chi connectivity index (χ2v) is 6.02. The highest BCUT2D eigenvalue weighted by Crippen LogP contribution is 2.32. The first-order chi connectivity index (χ1) is 12.9. The maximum atomic E-state index is 12.4. The monoisotopic (exact) mass is 377 g/mol. The highest BCUT2D eigenvalue weighted by Gasteiger charge is 2.24. The van der Waals surface area contributed by atoms with Crippen molar-refractivity contribution in [1.29, 1.82) is 0 Å². The minimum atomic E-state index is -2.98. The van der Waals surface area contributed by atoms with Gasteiger partial charge in [0.25, 0.3) is 11.6 Å². The van der Waals surface area contributed by atoms with Gasteiger partial charge in [0.1, 0.15) is 11.4 Å². The summed E-state index contributed by atoms with van der Waals surface area (Å²) in [7, 11) is 0. The number of carbonyl (C=O) groups is 1. The zero-order chi connectivity index (χ0) is 19.4. The largest absolute Gasteiger partial charge is 0.435 e. The Labute approximate surface area is 153 Å². The molecule has 1 saturated heterocycles. The molecule has 3 rings (SSSR count). The number of alkyl halides is 2. The molecule has 142 valence electrons. The van der Waals surface area contributed by atoms with E-state index in [1.807, 2.05) is 4.90 Å². The average molecular weight is 377 g/mol. The number of nitro benzene ring substituents is 1. The Bertz CT molecular complexity index is 854. The van der Waals surface area contributed by atoms with Gasteiger partial charge >= 0.3 is 6.61 Å². The molecule has 1 N–H and O–H groups in total. The van der Waals surface area contributed by atoms with Crippen LogP contribution < -0.4 is 15.0 Å². The summed E-state index contributed by atoms with van der Waals surface area (Å²) in [6, 6.07) is 9.83. The quantitative estimate of drug-likeness (QED) is 0.606. The van der Waals surface area contributed by atoms with Crippen molar-refractivity contribution in [3.63, 3.8) is 0 Å². The van der Waals surface area contributed by atoms with Gasteiger partial charge in [-0.2, -0.15) is 8.78 Å². The van der Waals surface area contributed by atoms with Crippen molar-refractivity contribution < 1.29 is 23.2 Å². The van der Waals surface area contributed by atoms with Gasteiger partial charge in [-0.3, -0.25) is 14.9 Å². The molecule has 2 aromatic rings. The molecule has 27 heavy (non-hydrogen) atoms. The Kier molecular flexibility index (Phi) is 5.49. The molecule has 0 radical (unpaired) electrons. The summed E-state index contributed by atoms with van der Waals surface area (Å²) in [5.74, 6) is -0.682. The van der Waals surface area contributed by atoms with E-state index in [0.29, 0.717) is 5.69 Å². The van der Waals surface area contributed by atoms with E-state index in [4.69, 9.17) is 0 Å². The third-order valence-corrected chi connectivity index (χ3v) is 4.20. The lowest BCUT2D eigenvalue weighted by Gasteiger charge is -2.17. The summed E-state index contributed by atoms with van der Waals surface area (Å²) in [4.78, 5) is 25.2. The lowest BCUT2D eigenvalue weighted by Crippen LogP contribution is -2.19. The van der Waals surface area contributed by atoms with Crippen LogP contribution in [0.15, 0.2) is 42.5 Å². The molecule has 0 spiro atoms. The summed E-state index contributed by atoms with van der Waals surface area (Å²) in [5.41, 5.74) is 0.690. The number of hydrogen-bond donors (Lipinski definition) is 1. The lowest BCUT2D eigenvalue weighted by atomic mass is 10.1. The number of carbonyl (C=O) groups excluding carboxylic acids is 1. The minimum Gasteiger partial charge on any atom is -0.435 e. The van der Waals surface area contributed by atoms with Crippen LogP contribution in [0.1, 0.15) is 23.2 Å². The van der Waals surface area contributed by atoms with Gasteiger partial charge < -0.3 is 15.0 Å². The van der Waals surface area contributed by atoms with Gasteiger partial charge in [-0.05, 0) is 37.1 Å². The zero-order valence-electron chi connectivity index (χ0n) is 14.2. The van der Waals surface area contributed by atoms with Crippen molar-refractivity contribution in [1.82, 2.24) is 0 Å². The van der Waals surface area contributed by atoms with Crippen molar-refractivity contribution in [3.05, 3.63) is 58.1 Å². The van der Waals surface area contributed by atoms with E-state index >= 15 is 0 Å². The third kappa shape index (κ3) is 4.49. The number of rotatable bonds is 6. The highest BCUT2D eigenvalue weighted by molar-refractivity contribution is 6.05. The first kappa shape index (κ1) is 18.6. The van der Waals surface area contributed by atoms with Crippen LogP contribution in [0.5, 0.6) is 5.75 Å². The molecule has 0 unspecified atom stereocenters. The molecule has 1 fully saturated rings. The SMILES string of the molecule is O=C(Nc1cccc(OC(F)F)c1)c1ccc(N2CCCC2)c([N+](=O)[O-])c1. The Morgan fingerprint density at radius 1 is 1.19 bits per heavy atom. The van der Waals surface area contributed by atoms with Crippen LogP contribution in [0.3, 0.4) is 0 Å². The topological polar surface area (TPSA) is 84.7 Å². The van der Waals surface area contributed by atoms with Gasteiger partial charge in [0.15, 0.2) is 0 Å². The number of benzene rings is 2. The van der Waals surface area contributed by atoms with Gasteiger partial charge in [0.05, 0.1) is 4.92 Å².